The van der Waals surface area contributed by atoms with Gasteiger partial charge in [-0.1, -0.05) is 12.1 Å². The number of hydrogen-bond acceptors (Lipinski definition) is 5. The summed E-state index contributed by atoms with van der Waals surface area (Å²) in [6.07, 6.45) is 0.943. The number of rotatable bonds is 11. The van der Waals surface area contributed by atoms with Crippen molar-refractivity contribution in [3.05, 3.63) is 44.9 Å². The van der Waals surface area contributed by atoms with Crippen LogP contribution in [0.25, 0.3) is 0 Å². The van der Waals surface area contributed by atoms with Crippen molar-refractivity contribution in [3.8, 4) is 5.75 Å². The van der Waals surface area contributed by atoms with Gasteiger partial charge < -0.3 is 20.1 Å². The van der Waals surface area contributed by atoms with Gasteiger partial charge in [0, 0.05) is 36.6 Å². The highest BCUT2D eigenvalue weighted by Gasteiger charge is 2.07. The lowest BCUT2D eigenvalue weighted by Crippen LogP contribution is -2.38. The van der Waals surface area contributed by atoms with Crippen molar-refractivity contribution in [2.75, 3.05) is 32.9 Å². The van der Waals surface area contributed by atoms with E-state index >= 15 is 0 Å². The number of halogens is 1. The first-order chi connectivity index (χ1) is 14.0. The van der Waals surface area contributed by atoms with Crippen molar-refractivity contribution in [1.29, 1.82) is 0 Å². The highest BCUT2D eigenvalue weighted by atomic mass is 127. The van der Waals surface area contributed by atoms with Gasteiger partial charge in [0.15, 0.2) is 5.96 Å². The summed E-state index contributed by atoms with van der Waals surface area (Å²) in [4.78, 5) is 10.6. The zero-order chi connectivity index (χ0) is 21.1. The lowest BCUT2D eigenvalue weighted by atomic mass is 10.1. The van der Waals surface area contributed by atoms with E-state index in [1.54, 1.807) is 11.3 Å². The molecule has 1 aromatic carbocycles. The Morgan fingerprint density at radius 2 is 1.93 bits per heavy atom. The van der Waals surface area contributed by atoms with Gasteiger partial charge in [-0.2, -0.15) is 0 Å². The second-order valence-corrected chi connectivity index (χ2v) is 8.06. The van der Waals surface area contributed by atoms with Crippen molar-refractivity contribution >= 4 is 41.3 Å². The van der Waals surface area contributed by atoms with Gasteiger partial charge in [-0.15, -0.1) is 35.3 Å². The van der Waals surface area contributed by atoms with Gasteiger partial charge in [0.05, 0.1) is 23.9 Å². The molecule has 30 heavy (non-hydrogen) atoms. The Morgan fingerprint density at radius 1 is 1.13 bits per heavy atom. The Balaban J connectivity index is 0.00000450. The second kappa shape index (κ2) is 14.6. The maximum atomic E-state index is 5.93. The van der Waals surface area contributed by atoms with Gasteiger partial charge in [-0.05, 0) is 46.2 Å². The maximum absolute atomic E-state index is 5.93. The smallest absolute Gasteiger partial charge is 0.191 e. The van der Waals surface area contributed by atoms with Crippen LogP contribution in [0, 0.1) is 20.8 Å². The lowest BCUT2D eigenvalue weighted by molar-refractivity contribution is 0.110. The molecule has 2 rings (SSSR count). The number of thiazole rings is 1. The fourth-order valence-electron chi connectivity index (χ4n) is 2.89. The van der Waals surface area contributed by atoms with Crippen LogP contribution < -0.4 is 15.4 Å². The quantitative estimate of drug-likeness (QED) is 0.189. The van der Waals surface area contributed by atoms with Crippen molar-refractivity contribution in [3.63, 3.8) is 0 Å². The summed E-state index contributed by atoms with van der Waals surface area (Å²) in [5, 5.41) is 7.86. The molecule has 0 spiro atoms. The molecule has 2 aromatic rings. The van der Waals surface area contributed by atoms with Crippen molar-refractivity contribution < 1.29 is 9.47 Å². The lowest BCUT2D eigenvalue weighted by Gasteiger charge is -2.13. The van der Waals surface area contributed by atoms with E-state index < -0.39 is 0 Å². The topological polar surface area (TPSA) is 67.8 Å². The molecule has 2 N–H and O–H groups in total. The average molecular weight is 547 g/mol. The zero-order valence-corrected chi connectivity index (χ0v) is 21.9. The summed E-state index contributed by atoms with van der Waals surface area (Å²) < 4.78 is 11.3. The number of benzene rings is 1. The summed E-state index contributed by atoms with van der Waals surface area (Å²) in [7, 11) is 0. The number of aryl methyl sites for hydroxylation is 3. The molecule has 0 aliphatic carbocycles. The summed E-state index contributed by atoms with van der Waals surface area (Å²) in [5.74, 6) is 1.69. The van der Waals surface area contributed by atoms with Crippen LogP contribution in [-0.4, -0.2) is 43.9 Å². The molecule has 0 saturated heterocycles. The monoisotopic (exact) mass is 546 g/mol. The Hall–Kier alpha value is -1.39. The van der Waals surface area contributed by atoms with Crippen LogP contribution >= 0.6 is 35.3 Å². The van der Waals surface area contributed by atoms with Crippen molar-refractivity contribution in [2.45, 2.75) is 47.6 Å². The molecule has 8 heteroatoms. The Labute approximate surface area is 201 Å². The van der Waals surface area contributed by atoms with Gasteiger partial charge in [0.1, 0.15) is 12.4 Å². The third-order valence-corrected chi connectivity index (χ3v) is 5.44. The van der Waals surface area contributed by atoms with Crippen LogP contribution in [0.2, 0.25) is 0 Å². The summed E-state index contributed by atoms with van der Waals surface area (Å²) in [6.45, 7) is 14.3. The van der Waals surface area contributed by atoms with E-state index in [1.807, 2.05) is 6.92 Å². The number of hydrogen-bond donors (Lipinski definition) is 2. The number of nitrogens with one attached hydrogen (secondary N) is 2. The summed E-state index contributed by atoms with van der Waals surface area (Å²) >= 11 is 1.77. The van der Waals surface area contributed by atoms with Gasteiger partial charge in [-0.3, -0.25) is 0 Å². The number of ether oxygens (including phenoxy) is 2. The van der Waals surface area contributed by atoms with E-state index in [9.17, 15) is 0 Å². The van der Waals surface area contributed by atoms with E-state index in [4.69, 9.17) is 14.5 Å². The van der Waals surface area contributed by atoms with E-state index in [0.29, 0.717) is 26.4 Å². The molecule has 0 amide bonds. The largest absolute Gasteiger partial charge is 0.491 e. The molecule has 0 aliphatic rings. The fourth-order valence-corrected chi connectivity index (χ4v) is 3.82. The maximum Gasteiger partial charge on any atom is 0.191 e. The van der Waals surface area contributed by atoms with E-state index in [0.717, 1.165) is 47.5 Å². The molecule has 0 bridgehead atoms. The summed E-state index contributed by atoms with van der Waals surface area (Å²) in [6, 6.07) is 6.24. The van der Waals surface area contributed by atoms with E-state index in [2.05, 4.69) is 61.5 Å². The van der Waals surface area contributed by atoms with Crippen LogP contribution in [0.1, 0.15) is 40.6 Å². The Bertz CT molecular complexity index is 795. The SMILES string of the molecule is CCNC(=NCc1ccc(C)cc1OCCOCC)NCCc1sc(C)nc1C.I. The highest BCUT2D eigenvalue weighted by molar-refractivity contribution is 14.0. The number of aromatic nitrogens is 1. The molecule has 0 atom stereocenters. The minimum Gasteiger partial charge on any atom is -0.491 e. The molecule has 1 heterocycles. The standard InChI is InChI=1S/C22H34N4O2S.HI/c1-6-23-22(24-11-10-21-17(4)26-18(5)29-21)25-15-19-9-8-16(3)14-20(19)28-13-12-27-7-2;/h8-9,14H,6-7,10-13,15H2,1-5H3,(H2,23,24,25);1H. The third kappa shape index (κ3) is 9.18. The Morgan fingerprint density at radius 3 is 2.60 bits per heavy atom. The van der Waals surface area contributed by atoms with Crippen molar-refractivity contribution in [2.24, 2.45) is 4.99 Å². The number of guanidine groups is 1. The number of nitrogens with zero attached hydrogens (tertiary/aromatic N) is 2. The third-order valence-electron chi connectivity index (χ3n) is 4.31. The fraction of sp³-hybridized carbons (Fsp3) is 0.545. The number of aliphatic imine (C=N–C) groups is 1. The van der Waals surface area contributed by atoms with Crippen LogP contribution in [0.15, 0.2) is 23.2 Å². The first-order valence-electron chi connectivity index (χ1n) is 10.3. The molecule has 0 fully saturated rings. The molecular formula is C22H35IN4O2S. The molecule has 0 unspecified atom stereocenters. The molecule has 1 aromatic heterocycles. The predicted molar refractivity (Wildman–Crippen MR) is 137 cm³/mol. The second-order valence-electron chi connectivity index (χ2n) is 6.77. The van der Waals surface area contributed by atoms with Crippen LogP contribution in [0.5, 0.6) is 5.75 Å². The van der Waals surface area contributed by atoms with Crippen LogP contribution in [0.3, 0.4) is 0 Å². The van der Waals surface area contributed by atoms with E-state index in [-0.39, 0.29) is 24.0 Å². The molecular weight excluding hydrogens is 511 g/mol. The van der Waals surface area contributed by atoms with Gasteiger partial charge >= 0.3 is 0 Å². The molecule has 6 nitrogen and oxygen atoms in total. The van der Waals surface area contributed by atoms with Gasteiger partial charge in [0.25, 0.3) is 0 Å². The predicted octanol–water partition coefficient (Wildman–Crippen LogP) is 4.40. The normalized spacial score (nSPS) is 11.2. The molecule has 0 saturated carbocycles. The van der Waals surface area contributed by atoms with Gasteiger partial charge in [0.2, 0.25) is 0 Å². The first-order valence-corrected chi connectivity index (χ1v) is 11.1. The minimum absolute atomic E-state index is 0. The van der Waals surface area contributed by atoms with E-state index in [1.165, 1.54) is 10.4 Å². The Kier molecular flexibility index (Phi) is 13.0. The summed E-state index contributed by atoms with van der Waals surface area (Å²) in [5.41, 5.74) is 3.37. The molecule has 168 valence electrons. The van der Waals surface area contributed by atoms with Crippen molar-refractivity contribution in [1.82, 2.24) is 15.6 Å². The molecule has 0 radical (unpaired) electrons. The van der Waals surface area contributed by atoms with Crippen LogP contribution in [0.4, 0.5) is 0 Å². The minimum atomic E-state index is 0. The first kappa shape index (κ1) is 26.6. The average Bonchev–Trinajstić information content (AvgIpc) is 3.01. The van der Waals surface area contributed by atoms with Crippen LogP contribution in [-0.2, 0) is 17.7 Å². The zero-order valence-electron chi connectivity index (χ0n) is 18.7. The highest BCUT2D eigenvalue weighted by Crippen LogP contribution is 2.21. The molecule has 0 aliphatic heterocycles. The van der Waals surface area contributed by atoms with Gasteiger partial charge in [-0.25, -0.2) is 9.98 Å².